The smallest absolute Gasteiger partial charge is 0.322 e. The fraction of sp³-hybridized carbons (Fsp3) is 0.667. The second kappa shape index (κ2) is 8.29. The number of hydrogen-bond donors (Lipinski definition) is 5. The predicted molar refractivity (Wildman–Crippen MR) is 73.5 cm³/mol. The molecule has 0 aliphatic carbocycles. The van der Waals surface area contributed by atoms with Crippen LogP contribution in [0.15, 0.2) is 0 Å². The highest BCUT2D eigenvalue weighted by atomic mass is 16.4. The molecule has 10 heteroatoms. The number of nitrogens with two attached hydrogens (primary N) is 1. The molecular formula is C12H20N4O6. The number of aliphatic hydroxyl groups excluding tert-OH is 1. The Kier molecular flexibility index (Phi) is 6.73. The van der Waals surface area contributed by atoms with Crippen molar-refractivity contribution in [2.75, 3.05) is 26.2 Å². The van der Waals surface area contributed by atoms with Crippen LogP contribution in [0.1, 0.15) is 12.8 Å². The van der Waals surface area contributed by atoms with Crippen molar-refractivity contribution in [1.82, 2.24) is 15.5 Å². The third-order valence-electron chi connectivity index (χ3n) is 3.28. The molecule has 1 aliphatic heterocycles. The van der Waals surface area contributed by atoms with Gasteiger partial charge in [-0.1, -0.05) is 0 Å². The van der Waals surface area contributed by atoms with E-state index in [1.807, 2.05) is 0 Å². The number of likely N-dealkylation sites (tertiary alicyclic amines) is 1. The Morgan fingerprint density at radius 3 is 2.55 bits per heavy atom. The fourth-order valence-electron chi connectivity index (χ4n) is 2.20. The zero-order chi connectivity index (χ0) is 16.7. The number of hydrogen-bond acceptors (Lipinski definition) is 6. The number of aliphatic carboxylic acids is 1. The van der Waals surface area contributed by atoms with E-state index in [4.69, 9.17) is 15.9 Å². The van der Waals surface area contributed by atoms with Crippen LogP contribution < -0.4 is 16.4 Å². The molecule has 1 heterocycles. The van der Waals surface area contributed by atoms with Gasteiger partial charge in [-0.3, -0.25) is 19.2 Å². The van der Waals surface area contributed by atoms with Gasteiger partial charge in [0.15, 0.2) is 0 Å². The summed E-state index contributed by atoms with van der Waals surface area (Å²) >= 11 is 0. The number of carboxylic acid groups (broad SMARTS) is 1. The average molecular weight is 316 g/mol. The third kappa shape index (κ3) is 4.67. The van der Waals surface area contributed by atoms with E-state index in [-0.39, 0.29) is 12.5 Å². The Balaban J connectivity index is 2.62. The lowest BCUT2D eigenvalue weighted by Gasteiger charge is -2.25. The van der Waals surface area contributed by atoms with Crippen molar-refractivity contribution in [3.05, 3.63) is 0 Å². The van der Waals surface area contributed by atoms with Crippen molar-refractivity contribution in [2.24, 2.45) is 5.73 Å². The molecule has 3 amide bonds. The van der Waals surface area contributed by atoms with Crippen molar-refractivity contribution >= 4 is 23.7 Å². The van der Waals surface area contributed by atoms with Gasteiger partial charge in [-0.2, -0.15) is 0 Å². The number of nitrogens with one attached hydrogen (secondary N) is 2. The standard InChI is InChI=1S/C12H20N4O6/c13-4-9(18)16-3-1-2-8(16)12(22)15-7(6-17)11(21)14-5-10(19)20/h7-8,17H,1-6,13H2,(H,14,21)(H,15,22)(H,19,20). The summed E-state index contributed by atoms with van der Waals surface area (Å²) < 4.78 is 0. The van der Waals surface area contributed by atoms with Gasteiger partial charge in [0.2, 0.25) is 17.7 Å². The van der Waals surface area contributed by atoms with Crippen LogP contribution in [-0.4, -0.2) is 77.1 Å². The zero-order valence-corrected chi connectivity index (χ0v) is 11.9. The molecule has 2 atom stereocenters. The predicted octanol–water partition coefficient (Wildman–Crippen LogP) is -3.39. The van der Waals surface area contributed by atoms with Crippen LogP contribution in [0.3, 0.4) is 0 Å². The zero-order valence-electron chi connectivity index (χ0n) is 11.9. The molecule has 1 fully saturated rings. The Morgan fingerprint density at radius 1 is 1.32 bits per heavy atom. The monoisotopic (exact) mass is 316 g/mol. The van der Waals surface area contributed by atoms with Gasteiger partial charge in [-0.15, -0.1) is 0 Å². The summed E-state index contributed by atoms with van der Waals surface area (Å²) in [6.07, 6.45) is 1.07. The number of carboxylic acids is 1. The first-order chi connectivity index (χ1) is 10.4. The molecule has 0 aromatic carbocycles. The minimum absolute atomic E-state index is 0.216. The van der Waals surface area contributed by atoms with Crippen LogP contribution in [0, 0.1) is 0 Å². The number of carbonyl (C=O) groups excluding carboxylic acids is 3. The summed E-state index contributed by atoms with van der Waals surface area (Å²) in [4.78, 5) is 47.1. The van der Waals surface area contributed by atoms with Gasteiger partial charge >= 0.3 is 5.97 Å². The SMILES string of the molecule is NCC(=O)N1CCCC1C(=O)NC(CO)C(=O)NCC(=O)O. The molecule has 1 saturated heterocycles. The molecule has 0 bridgehead atoms. The highest BCUT2D eigenvalue weighted by Gasteiger charge is 2.35. The van der Waals surface area contributed by atoms with Gasteiger partial charge in [-0.05, 0) is 12.8 Å². The summed E-state index contributed by atoms with van der Waals surface area (Å²) in [5, 5.41) is 22.0. The molecule has 0 spiro atoms. The number of aliphatic hydroxyl groups is 1. The van der Waals surface area contributed by atoms with E-state index in [0.717, 1.165) is 0 Å². The minimum Gasteiger partial charge on any atom is -0.480 e. The Morgan fingerprint density at radius 2 is 2.00 bits per heavy atom. The van der Waals surface area contributed by atoms with Crippen molar-refractivity contribution < 1.29 is 29.4 Å². The summed E-state index contributed by atoms with van der Waals surface area (Å²) in [7, 11) is 0. The molecule has 1 rings (SSSR count). The van der Waals surface area contributed by atoms with Crippen LogP contribution in [0.2, 0.25) is 0 Å². The van der Waals surface area contributed by atoms with E-state index in [2.05, 4.69) is 10.6 Å². The highest BCUT2D eigenvalue weighted by molar-refractivity contribution is 5.93. The minimum atomic E-state index is -1.28. The fourth-order valence-corrected chi connectivity index (χ4v) is 2.20. The van der Waals surface area contributed by atoms with Crippen molar-refractivity contribution in [2.45, 2.75) is 24.9 Å². The van der Waals surface area contributed by atoms with Gasteiger partial charge in [0, 0.05) is 6.54 Å². The summed E-state index contributed by atoms with van der Waals surface area (Å²) in [6, 6.07) is -2.01. The summed E-state index contributed by atoms with van der Waals surface area (Å²) in [5.74, 6) is -3.00. The molecular weight excluding hydrogens is 296 g/mol. The average Bonchev–Trinajstić information content (AvgIpc) is 2.98. The second-order valence-corrected chi connectivity index (χ2v) is 4.80. The van der Waals surface area contributed by atoms with Crippen molar-refractivity contribution in [3.8, 4) is 0 Å². The maximum atomic E-state index is 12.1. The quantitative estimate of drug-likeness (QED) is 0.327. The van der Waals surface area contributed by atoms with Crippen LogP contribution in [-0.2, 0) is 19.2 Å². The molecule has 0 aromatic rings. The normalized spacial score (nSPS) is 18.6. The molecule has 6 N–H and O–H groups in total. The maximum Gasteiger partial charge on any atom is 0.322 e. The van der Waals surface area contributed by atoms with Gasteiger partial charge in [0.25, 0.3) is 0 Å². The van der Waals surface area contributed by atoms with Gasteiger partial charge < -0.3 is 31.5 Å². The van der Waals surface area contributed by atoms with Crippen LogP contribution in [0.25, 0.3) is 0 Å². The maximum absolute atomic E-state index is 12.1. The van der Waals surface area contributed by atoms with E-state index >= 15 is 0 Å². The first-order valence-corrected chi connectivity index (χ1v) is 6.81. The van der Waals surface area contributed by atoms with E-state index < -0.39 is 43.0 Å². The van der Waals surface area contributed by atoms with E-state index in [0.29, 0.717) is 19.4 Å². The molecule has 0 saturated carbocycles. The first-order valence-electron chi connectivity index (χ1n) is 6.81. The van der Waals surface area contributed by atoms with E-state index in [1.54, 1.807) is 0 Å². The summed E-state index contributed by atoms with van der Waals surface area (Å²) in [5.41, 5.74) is 5.28. The molecule has 10 nitrogen and oxygen atoms in total. The van der Waals surface area contributed by atoms with Gasteiger partial charge in [0.1, 0.15) is 18.6 Å². The molecule has 1 aliphatic rings. The molecule has 0 radical (unpaired) electrons. The van der Waals surface area contributed by atoms with Crippen molar-refractivity contribution in [3.63, 3.8) is 0 Å². The lowest BCUT2D eigenvalue weighted by molar-refractivity contribution is -0.140. The van der Waals surface area contributed by atoms with E-state index in [9.17, 15) is 19.2 Å². The van der Waals surface area contributed by atoms with Gasteiger partial charge in [-0.25, -0.2) is 0 Å². The van der Waals surface area contributed by atoms with Crippen LogP contribution in [0.5, 0.6) is 0 Å². The lowest BCUT2D eigenvalue weighted by Crippen LogP contribution is -2.55. The second-order valence-electron chi connectivity index (χ2n) is 4.80. The third-order valence-corrected chi connectivity index (χ3v) is 3.28. The number of carbonyl (C=O) groups is 4. The Bertz CT molecular complexity index is 455. The number of nitrogens with zero attached hydrogens (tertiary/aromatic N) is 1. The number of rotatable bonds is 7. The molecule has 22 heavy (non-hydrogen) atoms. The largest absolute Gasteiger partial charge is 0.480 e. The van der Waals surface area contributed by atoms with Gasteiger partial charge in [0.05, 0.1) is 13.2 Å². The Hall–Kier alpha value is -2.20. The van der Waals surface area contributed by atoms with Crippen molar-refractivity contribution in [1.29, 1.82) is 0 Å². The highest BCUT2D eigenvalue weighted by Crippen LogP contribution is 2.17. The molecule has 124 valence electrons. The summed E-state index contributed by atoms with van der Waals surface area (Å²) in [6.45, 7) is -1.11. The Labute approximate surface area is 126 Å². The lowest BCUT2D eigenvalue weighted by atomic mass is 10.2. The molecule has 2 unspecified atom stereocenters. The van der Waals surface area contributed by atoms with Crippen LogP contribution >= 0.6 is 0 Å². The first kappa shape index (κ1) is 17.9. The number of amides is 3. The molecule has 0 aromatic heterocycles. The van der Waals surface area contributed by atoms with E-state index in [1.165, 1.54) is 4.90 Å². The van der Waals surface area contributed by atoms with Crippen LogP contribution in [0.4, 0.5) is 0 Å². The topological polar surface area (TPSA) is 162 Å².